The van der Waals surface area contributed by atoms with Crippen molar-refractivity contribution in [3.63, 3.8) is 0 Å². The van der Waals surface area contributed by atoms with Crippen LogP contribution in [0.2, 0.25) is 0 Å². The Balaban J connectivity index is 2.43. The van der Waals surface area contributed by atoms with E-state index in [-0.39, 0.29) is 23.5 Å². The van der Waals surface area contributed by atoms with Crippen LogP contribution in [-0.2, 0) is 16.6 Å². The van der Waals surface area contributed by atoms with Crippen molar-refractivity contribution in [2.75, 3.05) is 6.54 Å². The van der Waals surface area contributed by atoms with Gasteiger partial charge < -0.3 is 5.11 Å². The van der Waals surface area contributed by atoms with Gasteiger partial charge in [-0.1, -0.05) is 49.4 Å². The number of nitrogens with zero attached hydrogens (tertiary/aromatic N) is 2. The van der Waals surface area contributed by atoms with Crippen molar-refractivity contribution < 1.29 is 13.5 Å². The summed E-state index contributed by atoms with van der Waals surface area (Å²) in [4.78, 5) is -0.0354. The fourth-order valence-corrected chi connectivity index (χ4v) is 3.93. The highest BCUT2D eigenvalue weighted by atomic mass is 32.2. The van der Waals surface area contributed by atoms with Gasteiger partial charge in [0.25, 0.3) is 0 Å². The molecule has 2 aromatic rings. The Kier molecular flexibility index (Phi) is 6.10. The summed E-state index contributed by atoms with van der Waals surface area (Å²) in [6.45, 7) is 1.91. The van der Waals surface area contributed by atoms with E-state index in [2.05, 4.69) is 0 Å². The highest BCUT2D eigenvalue weighted by molar-refractivity contribution is 7.89. The van der Waals surface area contributed by atoms with Gasteiger partial charge in [0.2, 0.25) is 10.0 Å². The molecule has 0 aliphatic rings. The van der Waals surface area contributed by atoms with E-state index in [1.165, 1.54) is 16.4 Å². The first-order valence-corrected chi connectivity index (χ1v) is 9.14. The number of aliphatic hydroxyl groups is 1. The Morgan fingerprint density at radius 3 is 2.38 bits per heavy atom. The summed E-state index contributed by atoms with van der Waals surface area (Å²) in [7, 11) is -3.90. The SMILES string of the molecule is CCC(O)CN(Cc1ccccc1)S(=O)(=O)c1ccccc1C#N. The molecule has 0 spiro atoms. The molecule has 0 saturated carbocycles. The summed E-state index contributed by atoms with van der Waals surface area (Å²) >= 11 is 0. The average molecular weight is 344 g/mol. The molecule has 0 aromatic heterocycles. The Bertz CT molecular complexity index is 814. The number of aliphatic hydroxyl groups excluding tert-OH is 1. The van der Waals surface area contributed by atoms with Gasteiger partial charge in [-0.3, -0.25) is 0 Å². The quantitative estimate of drug-likeness (QED) is 0.837. The monoisotopic (exact) mass is 344 g/mol. The highest BCUT2D eigenvalue weighted by Gasteiger charge is 2.28. The zero-order valence-corrected chi connectivity index (χ0v) is 14.3. The topological polar surface area (TPSA) is 81.4 Å². The minimum atomic E-state index is -3.90. The predicted octanol–water partition coefficient (Wildman–Crippen LogP) is 2.52. The summed E-state index contributed by atoms with van der Waals surface area (Å²) in [5.74, 6) is 0. The zero-order valence-electron chi connectivity index (χ0n) is 13.5. The van der Waals surface area contributed by atoms with E-state index in [1.807, 2.05) is 36.4 Å². The molecular formula is C18H20N2O3S. The van der Waals surface area contributed by atoms with Gasteiger partial charge in [0, 0.05) is 13.1 Å². The van der Waals surface area contributed by atoms with Crippen LogP contribution in [0.25, 0.3) is 0 Å². The first-order valence-electron chi connectivity index (χ1n) is 7.70. The molecule has 1 atom stereocenters. The molecule has 2 aromatic carbocycles. The molecule has 1 unspecified atom stereocenters. The highest BCUT2D eigenvalue weighted by Crippen LogP contribution is 2.22. The van der Waals surface area contributed by atoms with E-state index >= 15 is 0 Å². The minimum absolute atomic E-state index is 0.0203. The van der Waals surface area contributed by atoms with E-state index < -0.39 is 16.1 Å². The number of sulfonamides is 1. The molecule has 1 N–H and O–H groups in total. The van der Waals surface area contributed by atoms with Crippen LogP contribution in [0.1, 0.15) is 24.5 Å². The summed E-state index contributed by atoms with van der Waals surface area (Å²) < 4.78 is 27.3. The van der Waals surface area contributed by atoms with Crippen molar-refractivity contribution >= 4 is 10.0 Å². The van der Waals surface area contributed by atoms with Crippen LogP contribution < -0.4 is 0 Å². The molecule has 6 heteroatoms. The molecule has 0 amide bonds. The molecule has 0 bridgehead atoms. The standard InChI is InChI=1S/C18H20N2O3S/c1-2-17(21)14-20(13-15-8-4-3-5-9-15)24(22,23)18-11-7-6-10-16(18)12-19/h3-11,17,21H,2,13-14H2,1H3. The normalized spacial score (nSPS) is 12.8. The number of rotatable bonds is 7. The average Bonchev–Trinajstić information content (AvgIpc) is 2.61. The van der Waals surface area contributed by atoms with Crippen LogP contribution in [0, 0.1) is 11.3 Å². The van der Waals surface area contributed by atoms with Gasteiger partial charge in [-0.15, -0.1) is 0 Å². The summed E-state index contributed by atoms with van der Waals surface area (Å²) in [5, 5.41) is 19.2. The zero-order chi connectivity index (χ0) is 17.6. The Morgan fingerprint density at radius 1 is 1.12 bits per heavy atom. The first kappa shape index (κ1) is 18.1. The van der Waals surface area contributed by atoms with Crippen LogP contribution in [0.4, 0.5) is 0 Å². The van der Waals surface area contributed by atoms with Gasteiger partial charge in [-0.2, -0.15) is 9.57 Å². The molecule has 5 nitrogen and oxygen atoms in total. The molecule has 24 heavy (non-hydrogen) atoms. The van der Waals surface area contributed by atoms with Crippen LogP contribution in [-0.4, -0.2) is 30.5 Å². The second kappa shape index (κ2) is 8.06. The Hall–Kier alpha value is -2.20. The van der Waals surface area contributed by atoms with Crippen LogP contribution in [0.3, 0.4) is 0 Å². The fraction of sp³-hybridized carbons (Fsp3) is 0.278. The fourth-order valence-electron chi connectivity index (χ4n) is 2.32. The van der Waals surface area contributed by atoms with E-state index in [0.717, 1.165) is 5.56 Å². The van der Waals surface area contributed by atoms with Crippen LogP contribution >= 0.6 is 0 Å². The number of nitriles is 1. The largest absolute Gasteiger partial charge is 0.392 e. The Labute approximate surface area is 142 Å². The maximum atomic E-state index is 13.0. The second-order valence-corrected chi connectivity index (χ2v) is 7.36. The number of hydrogen-bond acceptors (Lipinski definition) is 4. The minimum Gasteiger partial charge on any atom is -0.392 e. The molecule has 126 valence electrons. The van der Waals surface area contributed by atoms with Crippen molar-refractivity contribution in [2.24, 2.45) is 0 Å². The second-order valence-electron chi connectivity index (χ2n) is 5.45. The number of benzene rings is 2. The van der Waals surface area contributed by atoms with E-state index in [4.69, 9.17) is 0 Å². The van der Waals surface area contributed by atoms with E-state index in [9.17, 15) is 18.8 Å². The van der Waals surface area contributed by atoms with Crippen molar-refractivity contribution in [2.45, 2.75) is 30.9 Å². The smallest absolute Gasteiger partial charge is 0.244 e. The third kappa shape index (κ3) is 4.20. The van der Waals surface area contributed by atoms with Crippen molar-refractivity contribution in [1.29, 1.82) is 5.26 Å². The molecule has 0 radical (unpaired) electrons. The molecule has 0 aliphatic carbocycles. The third-order valence-corrected chi connectivity index (χ3v) is 5.58. The third-order valence-electron chi connectivity index (χ3n) is 3.71. The van der Waals surface area contributed by atoms with Gasteiger partial charge in [-0.25, -0.2) is 8.42 Å². The van der Waals surface area contributed by atoms with Gasteiger partial charge in [0.15, 0.2) is 0 Å². The summed E-state index contributed by atoms with van der Waals surface area (Å²) in [5.41, 5.74) is 0.917. The lowest BCUT2D eigenvalue weighted by atomic mass is 10.2. The molecular weight excluding hydrogens is 324 g/mol. The van der Waals surface area contributed by atoms with Crippen molar-refractivity contribution in [3.8, 4) is 6.07 Å². The Morgan fingerprint density at radius 2 is 1.75 bits per heavy atom. The number of hydrogen-bond donors (Lipinski definition) is 1. The lowest BCUT2D eigenvalue weighted by Gasteiger charge is -2.25. The summed E-state index contributed by atoms with van der Waals surface area (Å²) in [6.07, 6.45) is -0.321. The van der Waals surface area contributed by atoms with Crippen molar-refractivity contribution in [1.82, 2.24) is 4.31 Å². The maximum absolute atomic E-state index is 13.0. The maximum Gasteiger partial charge on any atom is 0.244 e. The van der Waals surface area contributed by atoms with E-state index in [0.29, 0.717) is 6.42 Å². The van der Waals surface area contributed by atoms with Gasteiger partial charge in [0.05, 0.1) is 16.6 Å². The molecule has 0 aliphatic heterocycles. The molecule has 0 saturated heterocycles. The van der Waals surface area contributed by atoms with Crippen molar-refractivity contribution in [3.05, 3.63) is 65.7 Å². The molecule has 2 rings (SSSR count). The predicted molar refractivity (Wildman–Crippen MR) is 91.5 cm³/mol. The lowest BCUT2D eigenvalue weighted by molar-refractivity contribution is 0.140. The first-order chi connectivity index (χ1) is 11.5. The molecule has 0 heterocycles. The van der Waals surface area contributed by atoms with E-state index in [1.54, 1.807) is 19.1 Å². The van der Waals surface area contributed by atoms with Gasteiger partial charge in [0.1, 0.15) is 6.07 Å². The van der Waals surface area contributed by atoms with Gasteiger partial charge in [-0.05, 0) is 24.1 Å². The lowest BCUT2D eigenvalue weighted by Crippen LogP contribution is -2.37. The summed E-state index contributed by atoms with van der Waals surface area (Å²) in [6, 6.07) is 17.2. The van der Waals surface area contributed by atoms with Gasteiger partial charge >= 0.3 is 0 Å². The van der Waals surface area contributed by atoms with Crippen LogP contribution in [0.5, 0.6) is 0 Å². The molecule has 0 fully saturated rings. The van der Waals surface area contributed by atoms with Crippen LogP contribution in [0.15, 0.2) is 59.5 Å².